The topological polar surface area (TPSA) is 26.0 Å². The van der Waals surface area contributed by atoms with Crippen molar-refractivity contribution < 1.29 is 17.7 Å². The summed E-state index contributed by atoms with van der Waals surface area (Å²) in [7, 11) is 0. The molecule has 1 aromatic carbocycles. The van der Waals surface area contributed by atoms with Crippen LogP contribution in [0.5, 0.6) is 0 Å². The summed E-state index contributed by atoms with van der Waals surface area (Å²) in [5, 5.41) is 3.06. The normalized spacial score (nSPS) is 11.9. The van der Waals surface area contributed by atoms with Gasteiger partial charge in [-0.15, -0.1) is 0 Å². The van der Waals surface area contributed by atoms with Crippen molar-refractivity contribution in [3.8, 4) is 11.3 Å². The Morgan fingerprint density at radius 2 is 1.56 bits per heavy atom. The summed E-state index contributed by atoms with van der Waals surface area (Å²) < 4.78 is 42.1. The highest BCUT2D eigenvalue weighted by atomic mass is 19.4. The molecule has 0 unspecified atom stereocenters. The monoisotopic (exact) mass is 255 g/mol. The summed E-state index contributed by atoms with van der Waals surface area (Å²) in [4.78, 5) is 0. The van der Waals surface area contributed by atoms with Crippen molar-refractivity contribution in [3.63, 3.8) is 0 Å². The van der Waals surface area contributed by atoms with E-state index in [1.54, 1.807) is 0 Å². The molecule has 5 heteroatoms. The molecule has 96 valence electrons. The Morgan fingerprint density at radius 3 is 2.11 bits per heavy atom. The summed E-state index contributed by atoms with van der Waals surface area (Å²) in [6.07, 6.45) is -4.48. The van der Waals surface area contributed by atoms with Gasteiger partial charge in [-0.1, -0.05) is 11.2 Å². The van der Waals surface area contributed by atoms with Gasteiger partial charge in [0.05, 0.1) is 0 Å². The van der Waals surface area contributed by atoms with E-state index in [4.69, 9.17) is 4.52 Å². The van der Waals surface area contributed by atoms with Gasteiger partial charge in [0.15, 0.2) is 11.5 Å². The van der Waals surface area contributed by atoms with Crippen LogP contribution in [0.2, 0.25) is 0 Å². The average Bonchev–Trinajstić information content (AvgIpc) is 2.72. The largest absolute Gasteiger partial charge is 0.436 e. The van der Waals surface area contributed by atoms with Crippen LogP contribution in [0.15, 0.2) is 22.7 Å². The van der Waals surface area contributed by atoms with E-state index < -0.39 is 11.9 Å². The molecule has 2 aromatic rings. The Balaban J connectivity index is 2.50. The van der Waals surface area contributed by atoms with Gasteiger partial charge in [0.2, 0.25) is 0 Å². The fourth-order valence-electron chi connectivity index (χ4n) is 1.76. The van der Waals surface area contributed by atoms with Crippen LogP contribution >= 0.6 is 0 Å². The number of rotatable bonds is 1. The van der Waals surface area contributed by atoms with Crippen molar-refractivity contribution in [2.24, 2.45) is 0 Å². The number of hydrogen-bond acceptors (Lipinski definition) is 2. The van der Waals surface area contributed by atoms with E-state index in [1.807, 2.05) is 32.9 Å². The third kappa shape index (κ3) is 2.25. The van der Waals surface area contributed by atoms with Crippen LogP contribution < -0.4 is 0 Å². The fourth-order valence-corrected chi connectivity index (χ4v) is 1.76. The molecule has 2 nitrogen and oxygen atoms in total. The molecule has 0 bridgehead atoms. The highest BCUT2D eigenvalue weighted by Gasteiger charge is 2.35. The van der Waals surface area contributed by atoms with E-state index in [9.17, 15) is 13.2 Å². The molecule has 18 heavy (non-hydrogen) atoms. The molecule has 2 rings (SSSR count). The number of halogens is 3. The van der Waals surface area contributed by atoms with Crippen molar-refractivity contribution >= 4 is 0 Å². The minimum atomic E-state index is -4.48. The zero-order valence-electron chi connectivity index (χ0n) is 10.2. The molecule has 0 saturated heterocycles. The summed E-state index contributed by atoms with van der Waals surface area (Å²) in [5.74, 6) is 0.142. The van der Waals surface area contributed by atoms with E-state index in [0.717, 1.165) is 22.8 Å². The van der Waals surface area contributed by atoms with Crippen molar-refractivity contribution in [1.82, 2.24) is 5.16 Å². The van der Waals surface area contributed by atoms with Gasteiger partial charge in [0.1, 0.15) is 0 Å². The van der Waals surface area contributed by atoms with Gasteiger partial charge < -0.3 is 4.52 Å². The highest BCUT2D eigenvalue weighted by molar-refractivity contribution is 5.64. The third-order valence-corrected chi connectivity index (χ3v) is 2.91. The first kappa shape index (κ1) is 12.7. The van der Waals surface area contributed by atoms with E-state index in [1.165, 1.54) is 0 Å². The Bertz CT molecular complexity index is 584. The summed E-state index contributed by atoms with van der Waals surface area (Å²) in [5.41, 5.74) is 2.59. The molecule has 0 atom stereocenters. The van der Waals surface area contributed by atoms with Gasteiger partial charge in [-0.05, 0) is 43.5 Å². The smallest absolute Gasteiger partial charge is 0.356 e. The molecule has 0 aliphatic carbocycles. The van der Waals surface area contributed by atoms with Crippen molar-refractivity contribution in [2.45, 2.75) is 26.9 Å². The van der Waals surface area contributed by atoms with Crippen LogP contribution in [-0.2, 0) is 6.18 Å². The number of aryl methyl sites for hydroxylation is 3. The van der Waals surface area contributed by atoms with E-state index in [2.05, 4.69) is 5.16 Å². The lowest BCUT2D eigenvalue weighted by atomic mass is 9.99. The average molecular weight is 255 g/mol. The van der Waals surface area contributed by atoms with Crippen molar-refractivity contribution in [1.29, 1.82) is 0 Å². The first-order valence-electron chi connectivity index (χ1n) is 5.41. The molecule has 1 aromatic heterocycles. The van der Waals surface area contributed by atoms with Crippen LogP contribution in [0, 0.1) is 20.8 Å². The summed E-state index contributed by atoms with van der Waals surface area (Å²) >= 11 is 0. The number of alkyl halides is 3. The molecule has 0 aliphatic heterocycles. The number of benzene rings is 1. The quantitative estimate of drug-likeness (QED) is 0.759. The van der Waals surface area contributed by atoms with E-state index >= 15 is 0 Å². The van der Waals surface area contributed by atoms with Crippen molar-refractivity contribution in [2.75, 3.05) is 0 Å². The maximum atomic E-state index is 12.4. The fraction of sp³-hybridized carbons (Fsp3) is 0.308. The Kier molecular flexibility index (Phi) is 2.92. The zero-order chi connectivity index (χ0) is 13.5. The van der Waals surface area contributed by atoms with Crippen LogP contribution in [0.4, 0.5) is 13.2 Å². The second kappa shape index (κ2) is 4.15. The first-order chi connectivity index (χ1) is 8.29. The van der Waals surface area contributed by atoms with Crippen LogP contribution in [0.25, 0.3) is 11.3 Å². The Morgan fingerprint density at radius 1 is 0.944 bits per heavy atom. The highest BCUT2D eigenvalue weighted by Crippen LogP contribution is 2.33. The lowest BCUT2D eigenvalue weighted by Gasteiger charge is -2.06. The summed E-state index contributed by atoms with van der Waals surface area (Å²) in [6.45, 7) is 5.69. The molecular weight excluding hydrogens is 243 g/mol. The van der Waals surface area contributed by atoms with Crippen LogP contribution in [-0.4, -0.2) is 5.16 Å². The molecule has 0 amide bonds. The lowest BCUT2D eigenvalue weighted by molar-refractivity contribution is -0.142. The molecule has 0 N–H and O–H groups in total. The van der Waals surface area contributed by atoms with Crippen LogP contribution in [0.3, 0.4) is 0 Å². The van der Waals surface area contributed by atoms with Crippen molar-refractivity contribution in [3.05, 3.63) is 40.6 Å². The predicted molar refractivity (Wildman–Crippen MR) is 61.2 cm³/mol. The lowest BCUT2D eigenvalue weighted by Crippen LogP contribution is -2.04. The number of hydrogen-bond donors (Lipinski definition) is 0. The SMILES string of the molecule is Cc1cc(C)c(-c2cc(C(F)(F)F)no2)cc1C. The standard InChI is InChI=1S/C13H12F3NO/c1-7-4-9(3)10(5-8(7)2)11-6-12(17-18-11)13(14,15)16/h4-6H,1-3H3. The maximum absolute atomic E-state index is 12.4. The van der Waals surface area contributed by atoms with Gasteiger partial charge in [0.25, 0.3) is 0 Å². The van der Waals surface area contributed by atoms with Gasteiger partial charge in [-0.25, -0.2) is 0 Å². The Hall–Kier alpha value is -1.78. The second-order valence-electron chi connectivity index (χ2n) is 4.33. The molecule has 0 radical (unpaired) electrons. The van der Waals surface area contributed by atoms with E-state index in [-0.39, 0.29) is 5.76 Å². The molecule has 0 spiro atoms. The zero-order valence-corrected chi connectivity index (χ0v) is 10.2. The minimum absolute atomic E-state index is 0.142. The first-order valence-corrected chi connectivity index (χ1v) is 5.41. The van der Waals surface area contributed by atoms with Gasteiger partial charge in [0, 0.05) is 11.6 Å². The molecule has 0 saturated carbocycles. The van der Waals surface area contributed by atoms with E-state index in [0.29, 0.717) is 5.56 Å². The van der Waals surface area contributed by atoms with Gasteiger partial charge >= 0.3 is 6.18 Å². The minimum Gasteiger partial charge on any atom is -0.356 e. The van der Waals surface area contributed by atoms with Crippen LogP contribution in [0.1, 0.15) is 22.4 Å². The second-order valence-corrected chi connectivity index (χ2v) is 4.33. The third-order valence-electron chi connectivity index (χ3n) is 2.91. The number of nitrogens with zero attached hydrogens (tertiary/aromatic N) is 1. The summed E-state index contributed by atoms with van der Waals surface area (Å²) in [6, 6.07) is 4.66. The molecule has 1 heterocycles. The molecule has 0 fully saturated rings. The Labute approximate surface area is 102 Å². The molecule has 0 aliphatic rings. The van der Waals surface area contributed by atoms with Gasteiger partial charge in [-0.3, -0.25) is 0 Å². The van der Waals surface area contributed by atoms with Gasteiger partial charge in [-0.2, -0.15) is 13.2 Å². The molecular formula is C13H12F3NO. The predicted octanol–water partition coefficient (Wildman–Crippen LogP) is 4.29. The number of aromatic nitrogens is 1. The maximum Gasteiger partial charge on any atom is 0.436 e.